The van der Waals surface area contributed by atoms with Gasteiger partial charge in [-0.25, -0.2) is 4.98 Å². The van der Waals surface area contributed by atoms with Crippen LogP contribution in [0, 0.1) is 6.92 Å². The van der Waals surface area contributed by atoms with Crippen LogP contribution in [-0.4, -0.2) is 46.4 Å². The van der Waals surface area contributed by atoms with Crippen LogP contribution in [0.5, 0.6) is 0 Å². The zero-order chi connectivity index (χ0) is 27.8. The molecule has 0 spiro atoms. The number of carbonyl (C=O) groups excluding carboxylic acids is 2. The highest BCUT2D eigenvalue weighted by Crippen LogP contribution is 2.21. The summed E-state index contributed by atoms with van der Waals surface area (Å²) in [5.74, 6) is 0.149. The van der Waals surface area contributed by atoms with E-state index in [4.69, 9.17) is 9.15 Å². The monoisotopic (exact) mass is 548 g/mol. The first kappa shape index (κ1) is 28.1. The summed E-state index contributed by atoms with van der Waals surface area (Å²) >= 11 is 1.15. The molecule has 9 nitrogen and oxygen atoms in total. The van der Waals surface area contributed by atoms with E-state index in [2.05, 4.69) is 15.6 Å². The Morgan fingerprint density at radius 3 is 2.64 bits per heavy atom. The van der Waals surface area contributed by atoms with E-state index < -0.39 is 0 Å². The Morgan fingerprint density at radius 1 is 1.13 bits per heavy atom. The van der Waals surface area contributed by atoms with Crippen LogP contribution in [0.2, 0.25) is 0 Å². The summed E-state index contributed by atoms with van der Waals surface area (Å²) in [5.41, 5.74) is 2.29. The molecule has 2 aromatic heterocycles. The maximum absolute atomic E-state index is 13.5. The molecule has 0 unspecified atom stereocenters. The number of carbonyl (C=O) groups is 2. The highest BCUT2D eigenvalue weighted by Gasteiger charge is 2.17. The van der Waals surface area contributed by atoms with Crippen molar-refractivity contribution in [3.8, 4) is 0 Å². The summed E-state index contributed by atoms with van der Waals surface area (Å²) in [6.07, 6.45) is 2.37. The van der Waals surface area contributed by atoms with Crippen molar-refractivity contribution in [1.29, 1.82) is 0 Å². The number of anilines is 1. The Balaban J connectivity index is 1.54. The second-order valence-electron chi connectivity index (χ2n) is 9.33. The zero-order valence-electron chi connectivity index (χ0n) is 22.2. The van der Waals surface area contributed by atoms with Crippen LogP contribution in [0.3, 0.4) is 0 Å². The van der Waals surface area contributed by atoms with Gasteiger partial charge in [-0.1, -0.05) is 29.5 Å². The second-order valence-corrected chi connectivity index (χ2v) is 10.3. The number of amides is 2. The first-order chi connectivity index (χ1) is 18.8. The van der Waals surface area contributed by atoms with Gasteiger partial charge in [0.2, 0.25) is 5.91 Å². The molecule has 10 heteroatoms. The largest absolute Gasteiger partial charge is 0.467 e. The zero-order valence-corrected chi connectivity index (χ0v) is 23.0. The highest BCUT2D eigenvalue weighted by molar-refractivity contribution is 7.99. The number of nitrogens with one attached hydrogen (secondary N) is 2. The van der Waals surface area contributed by atoms with Gasteiger partial charge in [0.25, 0.3) is 11.5 Å². The van der Waals surface area contributed by atoms with Gasteiger partial charge in [-0.15, -0.1) is 0 Å². The number of aryl methyl sites for hydroxylation is 1. The van der Waals surface area contributed by atoms with E-state index in [0.717, 1.165) is 17.3 Å². The molecule has 0 fully saturated rings. The van der Waals surface area contributed by atoms with Gasteiger partial charge >= 0.3 is 0 Å². The van der Waals surface area contributed by atoms with Crippen LogP contribution in [0.4, 0.5) is 5.69 Å². The number of nitrogens with zero attached hydrogens (tertiary/aromatic N) is 2. The lowest BCUT2D eigenvalue weighted by Crippen LogP contribution is -2.27. The maximum Gasteiger partial charge on any atom is 0.262 e. The number of furan rings is 1. The molecule has 2 amide bonds. The van der Waals surface area contributed by atoms with Crippen molar-refractivity contribution in [2.75, 3.05) is 24.2 Å². The standard InChI is InChI=1S/C29H32N4O5S/c1-19(2)37-15-5-13-30-27(35)21-9-12-24-25(16-21)32-29(33(28(24)36)17-23-6-4-14-38-23)39-18-26(34)31-22-10-7-20(3)8-11-22/h4,6-12,14,16,19H,5,13,15,17-18H2,1-3H3,(H,30,35)(H,31,34). The molecule has 2 heterocycles. The molecule has 0 aliphatic rings. The number of fused-ring (bicyclic) bond motifs is 1. The second kappa shape index (κ2) is 13.3. The molecular formula is C29H32N4O5S. The van der Waals surface area contributed by atoms with Gasteiger partial charge in [-0.05, 0) is 69.7 Å². The Hall–Kier alpha value is -3.89. The smallest absolute Gasteiger partial charge is 0.262 e. The fourth-order valence-electron chi connectivity index (χ4n) is 3.81. The van der Waals surface area contributed by atoms with E-state index in [1.54, 1.807) is 30.3 Å². The summed E-state index contributed by atoms with van der Waals surface area (Å²) in [7, 11) is 0. The molecule has 39 heavy (non-hydrogen) atoms. The Bertz CT molecular complexity index is 1480. The van der Waals surface area contributed by atoms with Gasteiger partial charge in [0.05, 0.1) is 35.6 Å². The van der Waals surface area contributed by atoms with Crippen molar-refractivity contribution in [3.63, 3.8) is 0 Å². The topological polar surface area (TPSA) is 115 Å². The molecule has 0 radical (unpaired) electrons. The first-order valence-electron chi connectivity index (χ1n) is 12.8. The van der Waals surface area contributed by atoms with Gasteiger partial charge in [0.15, 0.2) is 5.16 Å². The highest BCUT2D eigenvalue weighted by atomic mass is 32.2. The quantitative estimate of drug-likeness (QED) is 0.151. The lowest BCUT2D eigenvalue weighted by molar-refractivity contribution is -0.113. The maximum atomic E-state index is 13.5. The van der Waals surface area contributed by atoms with Crippen LogP contribution in [0.15, 0.2) is 75.2 Å². The summed E-state index contributed by atoms with van der Waals surface area (Å²) in [6, 6.07) is 15.9. The third-order valence-corrected chi connectivity index (χ3v) is 6.78. The summed E-state index contributed by atoms with van der Waals surface area (Å²) in [4.78, 5) is 43.5. The Kier molecular flexibility index (Phi) is 9.56. The van der Waals surface area contributed by atoms with Crippen LogP contribution < -0.4 is 16.2 Å². The first-order valence-corrected chi connectivity index (χ1v) is 13.7. The number of rotatable bonds is 12. The van der Waals surface area contributed by atoms with E-state index in [9.17, 15) is 14.4 Å². The Morgan fingerprint density at radius 2 is 1.92 bits per heavy atom. The molecule has 0 atom stereocenters. The molecule has 2 aromatic carbocycles. The summed E-state index contributed by atoms with van der Waals surface area (Å²) < 4.78 is 12.4. The van der Waals surface area contributed by atoms with Crippen LogP contribution in [0.1, 0.15) is 41.9 Å². The molecule has 4 rings (SSSR count). The fraction of sp³-hybridized carbons (Fsp3) is 0.310. The number of hydrogen-bond donors (Lipinski definition) is 2. The van der Waals surface area contributed by atoms with Crippen molar-refractivity contribution in [2.24, 2.45) is 0 Å². The Labute approximate surface area is 231 Å². The van der Waals surface area contributed by atoms with E-state index in [1.807, 2.05) is 45.0 Å². The molecule has 0 saturated carbocycles. The third-order valence-electron chi connectivity index (χ3n) is 5.80. The van der Waals surface area contributed by atoms with Crippen LogP contribution >= 0.6 is 11.8 Å². The minimum Gasteiger partial charge on any atom is -0.467 e. The molecule has 204 valence electrons. The molecule has 4 aromatic rings. The number of hydrogen-bond acceptors (Lipinski definition) is 7. The van der Waals surface area contributed by atoms with Gasteiger partial charge in [0.1, 0.15) is 5.76 Å². The molecule has 0 saturated heterocycles. The van der Waals surface area contributed by atoms with E-state index >= 15 is 0 Å². The van der Waals surface area contributed by atoms with Crippen LogP contribution in [0.25, 0.3) is 10.9 Å². The number of benzene rings is 2. The van der Waals surface area contributed by atoms with Gasteiger partial charge < -0.3 is 19.8 Å². The van der Waals surface area contributed by atoms with Crippen molar-refractivity contribution in [1.82, 2.24) is 14.9 Å². The molecule has 2 N–H and O–H groups in total. The number of thioether (sulfide) groups is 1. The average molecular weight is 549 g/mol. The van der Waals surface area contributed by atoms with Gasteiger partial charge in [0, 0.05) is 24.4 Å². The van der Waals surface area contributed by atoms with Crippen molar-refractivity contribution < 1.29 is 18.7 Å². The predicted molar refractivity (Wildman–Crippen MR) is 152 cm³/mol. The van der Waals surface area contributed by atoms with E-state index in [-0.39, 0.29) is 35.8 Å². The van der Waals surface area contributed by atoms with Crippen LogP contribution in [-0.2, 0) is 16.1 Å². The molecule has 0 bridgehead atoms. The van der Waals surface area contributed by atoms with Crippen molar-refractivity contribution >= 4 is 40.2 Å². The third kappa shape index (κ3) is 7.81. The van der Waals surface area contributed by atoms with Gasteiger partial charge in [-0.2, -0.15) is 0 Å². The normalized spacial score (nSPS) is 11.2. The lowest BCUT2D eigenvalue weighted by atomic mass is 10.1. The minimum absolute atomic E-state index is 0.0442. The SMILES string of the molecule is Cc1ccc(NC(=O)CSc2nc3cc(C(=O)NCCCOC(C)C)ccc3c(=O)n2Cc2ccco2)cc1. The van der Waals surface area contributed by atoms with Crippen molar-refractivity contribution in [3.05, 3.63) is 88.1 Å². The number of aromatic nitrogens is 2. The average Bonchev–Trinajstić information content (AvgIpc) is 3.43. The van der Waals surface area contributed by atoms with Crippen molar-refractivity contribution in [2.45, 2.75) is 45.0 Å². The molecular weight excluding hydrogens is 516 g/mol. The van der Waals surface area contributed by atoms with Gasteiger partial charge in [-0.3, -0.25) is 19.0 Å². The molecule has 0 aliphatic carbocycles. The molecule has 0 aliphatic heterocycles. The fourth-order valence-corrected chi connectivity index (χ4v) is 4.61. The van der Waals surface area contributed by atoms with E-state index in [0.29, 0.717) is 52.6 Å². The van der Waals surface area contributed by atoms with E-state index in [1.165, 1.54) is 10.8 Å². The number of ether oxygens (including phenoxy) is 1. The lowest BCUT2D eigenvalue weighted by Gasteiger charge is -2.13. The summed E-state index contributed by atoms with van der Waals surface area (Å²) in [5, 5.41) is 6.46. The predicted octanol–water partition coefficient (Wildman–Crippen LogP) is 4.62. The summed E-state index contributed by atoms with van der Waals surface area (Å²) in [6.45, 7) is 7.10. The minimum atomic E-state index is -0.282.